The summed E-state index contributed by atoms with van der Waals surface area (Å²) >= 11 is 0. The lowest BCUT2D eigenvalue weighted by Crippen LogP contribution is -2.26. The summed E-state index contributed by atoms with van der Waals surface area (Å²) in [5.74, 6) is -0.612. The first-order valence-electron chi connectivity index (χ1n) is 7.46. The number of halogens is 1. The van der Waals surface area contributed by atoms with Gasteiger partial charge >= 0.3 is 0 Å². The van der Waals surface area contributed by atoms with Crippen molar-refractivity contribution >= 4 is 17.5 Å². The van der Waals surface area contributed by atoms with Gasteiger partial charge in [0.2, 0.25) is 5.91 Å². The second-order valence-corrected chi connectivity index (χ2v) is 5.23. The molecule has 4 nitrogen and oxygen atoms in total. The van der Waals surface area contributed by atoms with Crippen LogP contribution in [0.4, 0.5) is 10.1 Å². The molecule has 0 aliphatic carbocycles. The lowest BCUT2D eigenvalue weighted by molar-refractivity contribution is -0.115. The molecule has 1 atom stereocenters. The van der Waals surface area contributed by atoms with Gasteiger partial charge in [0.15, 0.2) is 0 Å². The molecule has 23 heavy (non-hydrogen) atoms. The third-order valence-electron chi connectivity index (χ3n) is 3.47. The summed E-state index contributed by atoms with van der Waals surface area (Å²) in [4.78, 5) is 23.5. The van der Waals surface area contributed by atoms with E-state index >= 15 is 0 Å². The Labute approximate surface area is 134 Å². The predicted octanol–water partition coefficient (Wildman–Crippen LogP) is 3.67. The molecule has 2 aromatic carbocycles. The minimum atomic E-state index is -0.308. The normalized spacial score (nSPS) is 11.6. The van der Waals surface area contributed by atoms with Gasteiger partial charge in [-0.05, 0) is 48.9 Å². The second kappa shape index (κ2) is 7.54. The van der Waals surface area contributed by atoms with Gasteiger partial charge in [0, 0.05) is 17.7 Å². The number of benzene rings is 2. The van der Waals surface area contributed by atoms with E-state index in [2.05, 4.69) is 10.6 Å². The summed E-state index contributed by atoms with van der Waals surface area (Å²) in [6.45, 7) is 3.61. The van der Waals surface area contributed by atoms with E-state index in [1.807, 2.05) is 6.92 Å². The van der Waals surface area contributed by atoms with Gasteiger partial charge < -0.3 is 10.6 Å². The van der Waals surface area contributed by atoms with Crippen molar-refractivity contribution in [1.82, 2.24) is 5.32 Å². The molecule has 0 aliphatic heterocycles. The van der Waals surface area contributed by atoms with Crippen molar-refractivity contribution in [2.24, 2.45) is 0 Å². The fourth-order valence-electron chi connectivity index (χ4n) is 2.07. The van der Waals surface area contributed by atoms with Gasteiger partial charge in [-0.3, -0.25) is 9.59 Å². The summed E-state index contributed by atoms with van der Waals surface area (Å²) in [6, 6.07) is 12.5. The van der Waals surface area contributed by atoms with Gasteiger partial charge in [-0.1, -0.05) is 19.1 Å². The first-order valence-corrected chi connectivity index (χ1v) is 7.46. The van der Waals surface area contributed by atoms with Crippen LogP contribution in [0.2, 0.25) is 0 Å². The average Bonchev–Trinajstić information content (AvgIpc) is 2.55. The molecule has 0 saturated heterocycles. The van der Waals surface area contributed by atoms with Crippen molar-refractivity contribution in [3.05, 3.63) is 65.5 Å². The molecule has 0 fully saturated rings. The molecular weight excluding hydrogens is 295 g/mol. The Hall–Kier alpha value is -2.69. The second-order valence-electron chi connectivity index (χ2n) is 5.23. The number of carbonyl (C=O) groups is 2. The predicted molar refractivity (Wildman–Crippen MR) is 87.6 cm³/mol. The highest BCUT2D eigenvalue weighted by Crippen LogP contribution is 2.15. The van der Waals surface area contributed by atoms with E-state index in [0.717, 1.165) is 5.56 Å². The van der Waals surface area contributed by atoms with E-state index in [4.69, 9.17) is 0 Å². The van der Waals surface area contributed by atoms with Crippen molar-refractivity contribution in [3.63, 3.8) is 0 Å². The number of hydrogen-bond acceptors (Lipinski definition) is 2. The number of anilines is 1. The molecule has 120 valence electrons. The lowest BCUT2D eigenvalue weighted by Gasteiger charge is -2.14. The maximum absolute atomic E-state index is 12.9. The van der Waals surface area contributed by atoms with Crippen LogP contribution in [0.1, 0.15) is 42.2 Å². The molecule has 0 radical (unpaired) electrons. The van der Waals surface area contributed by atoms with Crippen LogP contribution < -0.4 is 10.6 Å². The summed E-state index contributed by atoms with van der Waals surface area (Å²) in [5.41, 5.74) is 1.97. The summed E-state index contributed by atoms with van der Waals surface area (Å²) in [5, 5.41) is 5.58. The standard InChI is InChI=1S/C18H19FN2O2/c1-3-17(22)21-16-10-6-14(7-11-16)18(23)20-12(2)13-4-8-15(19)9-5-13/h4-12H,3H2,1-2H3,(H,20,23)(H,21,22). The Kier molecular flexibility index (Phi) is 5.46. The molecule has 0 aliphatic rings. The quantitative estimate of drug-likeness (QED) is 0.885. The molecule has 5 heteroatoms. The molecule has 0 aromatic heterocycles. The van der Waals surface area contributed by atoms with E-state index < -0.39 is 0 Å². The highest BCUT2D eigenvalue weighted by atomic mass is 19.1. The van der Waals surface area contributed by atoms with Gasteiger partial charge in [0.1, 0.15) is 5.82 Å². The Morgan fingerprint density at radius 2 is 1.65 bits per heavy atom. The smallest absolute Gasteiger partial charge is 0.251 e. The molecule has 0 saturated carbocycles. The first-order chi connectivity index (χ1) is 11.0. The number of carbonyl (C=O) groups excluding carboxylic acids is 2. The van der Waals surface area contributed by atoms with Gasteiger partial charge in [-0.2, -0.15) is 0 Å². The van der Waals surface area contributed by atoms with Crippen molar-refractivity contribution in [2.75, 3.05) is 5.32 Å². The van der Waals surface area contributed by atoms with Crippen LogP contribution in [0.5, 0.6) is 0 Å². The zero-order valence-electron chi connectivity index (χ0n) is 13.1. The van der Waals surface area contributed by atoms with Crippen LogP contribution in [-0.4, -0.2) is 11.8 Å². The maximum atomic E-state index is 12.9. The third-order valence-corrected chi connectivity index (χ3v) is 3.47. The molecule has 1 unspecified atom stereocenters. The Morgan fingerprint density at radius 1 is 1.04 bits per heavy atom. The number of hydrogen-bond donors (Lipinski definition) is 2. The van der Waals surface area contributed by atoms with Crippen molar-refractivity contribution in [3.8, 4) is 0 Å². The topological polar surface area (TPSA) is 58.2 Å². The van der Waals surface area contributed by atoms with Crippen LogP contribution >= 0.6 is 0 Å². The molecule has 2 amide bonds. The molecule has 0 spiro atoms. The van der Waals surface area contributed by atoms with Gasteiger partial charge in [-0.15, -0.1) is 0 Å². The molecule has 2 rings (SSSR count). The molecule has 2 aromatic rings. The van der Waals surface area contributed by atoms with Gasteiger partial charge in [0.05, 0.1) is 6.04 Å². The number of rotatable bonds is 5. The summed E-state index contributed by atoms with van der Waals surface area (Å²) in [7, 11) is 0. The fourth-order valence-corrected chi connectivity index (χ4v) is 2.07. The SMILES string of the molecule is CCC(=O)Nc1ccc(C(=O)NC(C)c2ccc(F)cc2)cc1. The van der Waals surface area contributed by atoms with Crippen LogP contribution in [0, 0.1) is 5.82 Å². The van der Waals surface area contributed by atoms with Crippen molar-refractivity contribution in [1.29, 1.82) is 0 Å². The summed E-state index contributed by atoms with van der Waals surface area (Å²) in [6.07, 6.45) is 0.400. The van der Waals surface area contributed by atoms with Crippen LogP contribution in [0.15, 0.2) is 48.5 Å². The van der Waals surface area contributed by atoms with Crippen molar-refractivity contribution in [2.45, 2.75) is 26.3 Å². The van der Waals surface area contributed by atoms with Crippen LogP contribution in [0.25, 0.3) is 0 Å². The average molecular weight is 314 g/mol. The summed E-state index contributed by atoms with van der Waals surface area (Å²) < 4.78 is 12.9. The Morgan fingerprint density at radius 3 is 2.22 bits per heavy atom. The van der Waals surface area contributed by atoms with E-state index in [1.165, 1.54) is 12.1 Å². The fraction of sp³-hybridized carbons (Fsp3) is 0.222. The minimum Gasteiger partial charge on any atom is -0.346 e. The lowest BCUT2D eigenvalue weighted by atomic mass is 10.1. The van der Waals surface area contributed by atoms with E-state index in [1.54, 1.807) is 43.3 Å². The molecular formula is C18H19FN2O2. The zero-order valence-corrected chi connectivity index (χ0v) is 13.1. The number of amides is 2. The van der Waals surface area contributed by atoms with Crippen molar-refractivity contribution < 1.29 is 14.0 Å². The van der Waals surface area contributed by atoms with E-state index in [-0.39, 0.29) is 23.7 Å². The van der Waals surface area contributed by atoms with Gasteiger partial charge in [-0.25, -0.2) is 4.39 Å². The van der Waals surface area contributed by atoms with Crippen LogP contribution in [0.3, 0.4) is 0 Å². The monoisotopic (exact) mass is 314 g/mol. The molecule has 2 N–H and O–H groups in total. The molecule has 0 heterocycles. The first kappa shape index (κ1) is 16.7. The minimum absolute atomic E-state index is 0.0767. The van der Waals surface area contributed by atoms with Crippen LogP contribution in [-0.2, 0) is 4.79 Å². The largest absolute Gasteiger partial charge is 0.346 e. The Balaban J connectivity index is 2.00. The number of nitrogens with one attached hydrogen (secondary N) is 2. The van der Waals surface area contributed by atoms with E-state index in [0.29, 0.717) is 17.7 Å². The Bertz CT molecular complexity index is 681. The zero-order chi connectivity index (χ0) is 16.8. The van der Waals surface area contributed by atoms with Gasteiger partial charge in [0.25, 0.3) is 5.91 Å². The molecule has 0 bridgehead atoms. The highest BCUT2D eigenvalue weighted by molar-refractivity contribution is 5.95. The maximum Gasteiger partial charge on any atom is 0.251 e. The van der Waals surface area contributed by atoms with E-state index in [9.17, 15) is 14.0 Å². The highest BCUT2D eigenvalue weighted by Gasteiger charge is 2.11. The third kappa shape index (κ3) is 4.64.